The van der Waals surface area contributed by atoms with Crippen molar-refractivity contribution in [2.45, 2.75) is 49.7 Å². The van der Waals surface area contributed by atoms with Gasteiger partial charge in [0.25, 0.3) is 0 Å². The Morgan fingerprint density at radius 2 is 2.15 bits per heavy atom. The highest BCUT2D eigenvalue weighted by Gasteiger charge is 2.35. The summed E-state index contributed by atoms with van der Waals surface area (Å²) in [5, 5.41) is 0.926. The minimum atomic E-state index is 0.301. The molecule has 20 heavy (non-hydrogen) atoms. The van der Waals surface area contributed by atoms with Crippen molar-refractivity contribution < 1.29 is 4.79 Å². The van der Waals surface area contributed by atoms with E-state index < -0.39 is 0 Å². The normalized spacial score (nSPS) is 26.4. The summed E-state index contributed by atoms with van der Waals surface area (Å²) in [5.74, 6) is 1.59. The average Bonchev–Trinajstić information content (AvgIpc) is 2.89. The number of rotatable bonds is 3. The Hall–Kier alpha value is -0.970. The van der Waals surface area contributed by atoms with Gasteiger partial charge in [0.1, 0.15) is 0 Å². The molecule has 2 heterocycles. The van der Waals surface area contributed by atoms with Crippen LogP contribution in [0.4, 0.5) is 0 Å². The lowest BCUT2D eigenvalue weighted by Gasteiger charge is -2.44. The van der Waals surface area contributed by atoms with Crippen LogP contribution in [0.1, 0.15) is 38.5 Å². The zero-order chi connectivity index (χ0) is 13.9. The molecule has 110 valence electrons. The predicted octanol–water partition coefficient (Wildman–Crippen LogP) is 2.69. The molecule has 0 bridgehead atoms. The van der Waals surface area contributed by atoms with Crippen molar-refractivity contribution in [3.05, 3.63) is 12.4 Å². The van der Waals surface area contributed by atoms with E-state index in [2.05, 4.69) is 9.88 Å². The Morgan fingerprint density at radius 1 is 1.35 bits per heavy atom. The molecule has 5 heteroatoms. The third-order valence-electron chi connectivity index (χ3n) is 4.67. The lowest BCUT2D eigenvalue weighted by molar-refractivity contribution is -0.134. The maximum absolute atomic E-state index is 12.5. The molecule has 4 nitrogen and oxygen atoms in total. The van der Waals surface area contributed by atoms with Crippen molar-refractivity contribution in [2.24, 2.45) is 13.0 Å². The van der Waals surface area contributed by atoms with Gasteiger partial charge in [-0.15, -0.1) is 0 Å². The minimum Gasteiger partial charge on any atom is -0.339 e. The van der Waals surface area contributed by atoms with E-state index >= 15 is 0 Å². The number of likely N-dealkylation sites (tertiary alicyclic amines) is 1. The van der Waals surface area contributed by atoms with Gasteiger partial charge < -0.3 is 9.47 Å². The highest BCUT2D eigenvalue weighted by atomic mass is 32.2. The minimum absolute atomic E-state index is 0.301. The summed E-state index contributed by atoms with van der Waals surface area (Å²) in [5.41, 5.74) is 0. The van der Waals surface area contributed by atoms with Crippen LogP contribution >= 0.6 is 11.8 Å². The molecular formula is C15H23N3OS. The fraction of sp³-hybridized carbons (Fsp3) is 0.733. The average molecular weight is 293 g/mol. The smallest absolute Gasteiger partial charge is 0.233 e. The van der Waals surface area contributed by atoms with E-state index in [-0.39, 0.29) is 0 Å². The van der Waals surface area contributed by atoms with E-state index in [1.807, 2.05) is 17.8 Å². The van der Waals surface area contributed by atoms with Crippen molar-refractivity contribution in [3.8, 4) is 0 Å². The van der Waals surface area contributed by atoms with Gasteiger partial charge in [0.2, 0.25) is 5.91 Å². The molecule has 2 fully saturated rings. The summed E-state index contributed by atoms with van der Waals surface area (Å²) in [7, 11) is 1.97. The molecule has 1 saturated carbocycles. The van der Waals surface area contributed by atoms with Gasteiger partial charge >= 0.3 is 0 Å². The van der Waals surface area contributed by atoms with Crippen LogP contribution in [0.3, 0.4) is 0 Å². The zero-order valence-corrected chi connectivity index (χ0v) is 12.9. The number of aryl methyl sites for hydroxylation is 1. The SMILES string of the molecule is Cn1ccnc1SCC(=O)N1CCCC2CCCCC21. The van der Waals surface area contributed by atoms with E-state index in [0.717, 1.165) is 17.6 Å². The zero-order valence-electron chi connectivity index (χ0n) is 12.1. The van der Waals surface area contributed by atoms with Crippen LogP contribution in [0.5, 0.6) is 0 Å². The van der Waals surface area contributed by atoms with Gasteiger partial charge in [-0.2, -0.15) is 0 Å². The number of hydrogen-bond donors (Lipinski definition) is 0. The Morgan fingerprint density at radius 3 is 2.95 bits per heavy atom. The Labute approximate surface area is 124 Å². The van der Waals surface area contributed by atoms with E-state index in [0.29, 0.717) is 17.7 Å². The molecule has 2 unspecified atom stereocenters. The molecule has 1 aromatic heterocycles. The molecule has 1 saturated heterocycles. The number of imidazole rings is 1. The maximum atomic E-state index is 12.5. The Bertz CT molecular complexity index is 471. The number of aromatic nitrogens is 2. The first kappa shape index (κ1) is 14.0. The number of carbonyl (C=O) groups excluding carboxylic acids is 1. The molecular weight excluding hydrogens is 270 g/mol. The largest absolute Gasteiger partial charge is 0.339 e. The maximum Gasteiger partial charge on any atom is 0.233 e. The van der Waals surface area contributed by atoms with Crippen LogP contribution in [0.2, 0.25) is 0 Å². The number of piperidine rings is 1. The van der Waals surface area contributed by atoms with Crippen molar-refractivity contribution in [1.82, 2.24) is 14.5 Å². The number of nitrogens with zero attached hydrogens (tertiary/aromatic N) is 3. The van der Waals surface area contributed by atoms with Crippen LogP contribution in [0.15, 0.2) is 17.6 Å². The number of fused-ring (bicyclic) bond motifs is 1. The summed E-state index contributed by atoms with van der Waals surface area (Å²) in [4.78, 5) is 19.0. The molecule has 1 aliphatic carbocycles. The molecule has 2 aliphatic rings. The van der Waals surface area contributed by atoms with E-state index in [9.17, 15) is 4.79 Å². The first-order chi connectivity index (χ1) is 9.75. The molecule has 0 aromatic carbocycles. The van der Waals surface area contributed by atoms with Gasteiger partial charge in [0.05, 0.1) is 5.75 Å². The predicted molar refractivity (Wildman–Crippen MR) is 80.6 cm³/mol. The second-order valence-corrected chi connectivity index (χ2v) is 6.89. The second-order valence-electron chi connectivity index (χ2n) is 5.95. The topological polar surface area (TPSA) is 38.1 Å². The van der Waals surface area contributed by atoms with Gasteiger partial charge in [-0.05, 0) is 31.6 Å². The summed E-state index contributed by atoms with van der Waals surface area (Å²) >= 11 is 1.56. The molecule has 0 radical (unpaired) electrons. The highest BCUT2D eigenvalue weighted by molar-refractivity contribution is 7.99. The van der Waals surface area contributed by atoms with Crippen LogP contribution in [-0.4, -0.2) is 38.7 Å². The van der Waals surface area contributed by atoms with Gasteiger partial charge in [-0.1, -0.05) is 24.6 Å². The van der Waals surface area contributed by atoms with Crippen LogP contribution in [-0.2, 0) is 11.8 Å². The monoisotopic (exact) mass is 293 g/mol. The van der Waals surface area contributed by atoms with Crippen molar-refractivity contribution in [2.75, 3.05) is 12.3 Å². The van der Waals surface area contributed by atoms with E-state index in [1.165, 1.54) is 38.5 Å². The number of thioether (sulfide) groups is 1. The Balaban J connectivity index is 1.59. The second kappa shape index (κ2) is 6.20. The summed E-state index contributed by atoms with van der Waals surface area (Å²) in [6.07, 6.45) is 11.4. The first-order valence-electron chi connectivity index (χ1n) is 7.65. The number of amides is 1. The first-order valence-corrected chi connectivity index (χ1v) is 8.64. The van der Waals surface area contributed by atoms with Crippen molar-refractivity contribution >= 4 is 17.7 Å². The van der Waals surface area contributed by atoms with Gasteiger partial charge in [-0.25, -0.2) is 4.98 Å². The molecule has 0 spiro atoms. The quantitative estimate of drug-likeness (QED) is 0.804. The Kier molecular flexibility index (Phi) is 4.34. The van der Waals surface area contributed by atoms with Gasteiger partial charge in [0.15, 0.2) is 5.16 Å². The lowest BCUT2D eigenvalue weighted by atomic mass is 9.78. The molecule has 2 atom stereocenters. The number of hydrogen-bond acceptors (Lipinski definition) is 3. The third-order valence-corrected chi connectivity index (χ3v) is 5.71. The lowest BCUT2D eigenvalue weighted by Crippen LogP contribution is -2.50. The summed E-state index contributed by atoms with van der Waals surface area (Å²) in [6.45, 7) is 0.959. The van der Waals surface area contributed by atoms with Crippen LogP contribution in [0, 0.1) is 5.92 Å². The number of carbonyl (C=O) groups is 1. The van der Waals surface area contributed by atoms with E-state index in [1.54, 1.807) is 18.0 Å². The molecule has 1 aliphatic heterocycles. The highest BCUT2D eigenvalue weighted by Crippen LogP contribution is 2.35. The standard InChI is InChI=1S/C15H23N3OS/c1-17-10-8-16-15(17)20-11-14(19)18-9-4-6-12-5-2-3-7-13(12)18/h8,10,12-13H,2-7,9,11H2,1H3. The summed E-state index contributed by atoms with van der Waals surface area (Å²) < 4.78 is 1.97. The molecule has 3 rings (SSSR count). The molecule has 0 N–H and O–H groups in total. The fourth-order valence-corrected chi connectivity index (χ4v) is 4.45. The van der Waals surface area contributed by atoms with Crippen molar-refractivity contribution in [1.29, 1.82) is 0 Å². The van der Waals surface area contributed by atoms with Crippen molar-refractivity contribution in [3.63, 3.8) is 0 Å². The third kappa shape index (κ3) is 2.87. The summed E-state index contributed by atoms with van der Waals surface area (Å²) in [6, 6.07) is 0.520. The van der Waals surface area contributed by atoms with E-state index in [4.69, 9.17) is 0 Å². The molecule has 1 amide bonds. The van der Waals surface area contributed by atoms with Gasteiger partial charge in [-0.3, -0.25) is 4.79 Å². The van der Waals surface area contributed by atoms with Crippen LogP contribution < -0.4 is 0 Å². The van der Waals surface area contributed by atoms with Crippen LogP contribution in [0.25, 0.3) is 0 Å². The fourth-order valence-electron chi connectivity index (χ4n) is 3.63. The van der Waals surface area contributed by atoms with Gasteiger partial charge in [0, 0.05) is 32.0 Å². The molecule has 1 aromatic rings.